The molecule has 5 heteroatoms. The molecular weight excluding hydrogens is 297 g/mol. The van der Waals surface area contributed by atoms with Crippen LogP contribution in [0, 0.1) is 11.7 Å². The molecule has 0 spiro atoms. The first-order chi connectivity index (χ1) is 11.0. The first-order valence-corrected chi connectivity index (χ1v) is 8.46. The van der Waals surface area contributed by atoms with Crippen molar-refractivity contribution in [1.29, 1.82) is 0 Å². The number of benzene rings is 1. The fourth-order valence-electron chi connectivity index (χ4n) is 4.17. The van der Waals surface area contributed by atoms with Gasteiger partial charge in [0.2, 0.25) is 0 Å². The Labute approximate surface area is 136 Å². The normalized spacial score (nSPS) is 30.7. The third-order valence-electron chi connectivity index (χ3n) is 5.28. The Kier molecular flexibility index (Phi) is 4.57. The smallest absolute Gasteiger partial charge is 0.410 e. The second-order valence-electron chi connectivity index (χ2n) is 6.59. The maximum Gasteiger partial charge on any atom is 0.410 e. The van der Waals surface area contributed by atoms with E-state index >= 15 is 0 Å². The second kappa shape index (κ2) is 6.48. The predicted octanol–water partition coefficient (Wildman–Crippen LogP) is 3.65. The van der Waals surface area contributed by atoms with Crippen LogP contribution in [-0.4, -0.2) is 34.9 Å². The van der Waals surface area contributed by atoms with Gasteiger partial charge in [-0.15, -0.1) is 0 Å². The minimum absolute atomic E-state index is 0.0279. The molecule has 4 nitrogen and oxygen atoms in total. The van der Waals surface area contributed by atoms with Gasteiger partial charge < -0.3 is 14.7 Å². The van der Waals surface area contributed by atoms with Gasteiger partial charge in [-0.3, -0.25) is 0 Å². The number of aliphatic hydroxyl groups is 1. The molecule has 2 aliphatic rings. The Morgan fingerprint density at radius 2 is 2.09 bits per heavy atom. The number of piperidine rings is 1. The molecule has 3 atom stereocenters. The molecular formula is C18H24FNO3. The SMILES string of the molecule is CCOC(=O)N1CC[C@]2(O)CCCC[C@@H]2[C@@H]1c1ccc(F)cc1. The summed E-state index contributed by atoms with van der Waals surface area (Å²) in [4.78, 5) is 14.1. The van der Waals surface area contributed by atoms with E-state index < -0.39 is 5.60 Å². The van der Waals surface area contributed by atoms with Crippen LogP contribution in [0.25, 0.3) is 0 Å². The summed E-state index contributed by atoms with van der Waals surface area (Å²) < 4.78 is 18.5. The molecule has 1 N–H and O–H groups in total. The summed E-state index contributed by atoms with van der Waals surface area (Å²) >= 11 is 0. The third kappa shape index (κ3) is 3.07. The molecule has 1 aliphatic carbocycles. The van der Waals surface area contributed by atoms with Crippen molar-refractivity contribution in [3.8, 4) is 0 Å². The highest BCUT2D eigenvalue weighted by Crippen LogP contribution is 2.49. The molecule has 1 amide bonds. The number of hydrogen-bond acceptors (Lipinski definition) is 3. The van der Waals surface area contributed by atoms with Crippen LogP contribution in [-0.2, 0) is 4.74 Å². The van der Waals surface area contributed by atoms with Crippen molar-refractivity contribution in [3.63, 3.8) is 0 Å². The quantitative estimate of drug-likeness (QED) is 0.904. The van der Waals surface area contributed by atoms with Gasteiger partial charge in [0.1, 0.15) is 5.82 Å². The van der Waals surface area contributed by atoms with Crippen molar-refractivity contribution in [3.05, 3.63) is 35.6 Å². The van der Waals surface area contributed by atoms with Gasteiger partial charge in [0.05, 0.1) is 18.2 Å². The second-order valence-corrected chi connectivity index (χ2v) is 6.59. The van der Waals surface area contributed by atoms with Crippen molar-refractivity contribution in [2.75, 3.05) is 13.2 Å². The molecule has 1 saturated heterocycles. The molecule has 0 aromatic heterocycles. The Hall–Kier alpha value is -1.62. The molecule has 2 fully saturated rings. The fraction of sp³-hybridized carbons (Fsp3) is 0.611. The van der Waals surface area contributed by atoms with Gasteiger partial charge in [-0.25, -0.2) is 9.18 Å². The van der Waals surface area contributed by atoms with E-state index in [1.807, 2.05) is 0 Å². The van der Waals surface area contributed by atoms with Crippen LogP contribution in [0.5, 0.6) is 0 Å². The van der Waals surface area contributed by atoms with Crippen LogP contribution >= 0.6 is 0 Å². The topological polar surface area (TPSA) is 49.8 Å². The van der Waals surface area contributed by atoms with Gasteiger partial charge in [-0.1, -0.05) is 25.0 Å². The third-order valence-corrected chi connectivity index (χ3v) is 5.28. The number of carbonyl (C=O) groups is 1. The van der Waals surface area contributed by atoms with Gasteiger partial charge in [0.15, 0.2) is 0 Å². The van der Waals surface area contributed by atoms with Crippen LogP contribution in [0.2, 0.25) is 0 Å². The maximum absolute atomic E-state index is 13.3. The first-order valence-electron chi connectivity index (χ1n) is 8.46. The van der Waals surface area contributed by atoms with Gasteiger partial charge in [-0.05, 0) is 43.9 Å². The number of likely N-dealkylation sites (tertiary alicyclic amines) is 1. The van der Waals surface area contributed by atoms with Crippen molar-refractivity contribution >= 4 is 6.09 Å². The largest absolute Gasteiger partial charge is 0.450 e. The molecule has 1 aliphatic heterocycles. The molecule has 0 unspecified atom stereocenters. The van der Waals surface area contributed by atoms with Crippen molar-refractivity contribution in [2.45, 2.75) is 50.7 Å². The fourth-order valence-corrected chi connectivity index (χ4v) is 4.17. The lowest BCUT2D eigenvalue weighted by molar-refractivity contribution is -0.118. The Morgan fingerprint density at radius 1 is 1.35 bits per heavy atom. The number of fused-ring (bicyclic) bond motifs is 1. The summed E-state index contributed by atoms with van der Waals surface area (Å²) in [6, 6.07) is 6.00. The summed E-state index contributed by atoms with van der Waals surface area (Å²) in [5, 5.41) is 11.1. The summed E-state index contributed by atoms with van der Waals surface area (Å²) in [5.74, 6) is -0.328. The lowest BCUT2D eigenvalue weighted by Gasteiger charge is -2.52. The molecule has 23 heavy (non-hydrogen) atoms. The lowest BCUT2D eigenvalue weighted by Crippen LogP contribution is -2.56. The number of carbonyl (C=O) groups excluding carboxylic acids is 1. The number of halogens is 1. The van der Waals surface area contributed by atoms with Gasteiger partial charge in [0, 0.05) is 12.5 Å². The van der Waals surface area contributed by atoms with Crippen LogP contribution < -0.4 is 0 Å². The van der Waals surface area contributed by atoms with Crippen LogP contribution in [0.15, 0.2) is 24.3 Å². The summed E-state index contributed by atoms with van der Waals surface area (Å²) in [6.07, 6.45) is 3.92. The summed E-state index contributed by atoms with van der Waals surface area (Å²) in [7, 11) is 0. The van der Waals surface area contributed by atoms with E-state index in [1.54, 1.807) is 24.0 Å². The predicted molar refractivity (Wildman–Crippen MR) is 84.4 cm³/mol. The molecule has 1 saturated carbocycles. The molecule has 3 rings (SSSR count). The van der Waals surface area contributed by atoms with E-state index in [9.17, 15) is 14.3 Å². The highest BCUT2D eigenvalue weighted by Gasteiger charge is 2.50. The highest BCUT2D eigenvalue weighted by molar-refractivity contribution is 5.68. The first kappa shape index (κ1) is 16.2. The molecule has 126 valence electrons. The molecule has 1 aromatic carbocycles. The van der Waals surface area contributed by atoms with E-state index in [2.05, 4.69) is 0 Å². The average molecular weight is 321 g/mol. The molecule has 1 aromatic rings. The monoisotopic (exact) mass is 321 g/mol. The van der Waals surface area contributed by atoms with E-state index in [0.29, 0.717) is 19.6 Å². The minimum atomic E-state index is -0.736. The van der Waals surface area contributed by atoms with E-state index in [1.165, 1.54) is 12.1 Å². The Balaban J connectivity index is 1.97. The van der Waals surface area contributed by atoms with E-state index in [-0.39, 0.29) is 23.9 Å². The minimum Gasteiger partial charge on any atom is -0.450 e. The van der Waals surface area contributed by atoms with Gasteiger partial charge in [0.25, 0.3) is 0 Å². The maximum atomic E-state index is 13.3. The van der Waals surface area contributed by atoms with Crippen LogP contribution in [0.1, 0.15) is 50.6 Å². The summed E-state index contributed by atoms with van der Waals surface area (Å²) in [5.41, 5.74) is 0.129. The van der Waals surface area contributed by atoms with Crippen LogP contribution in [0.4, 0.5) is 9.18 Å². The molecule has 1 heterocycles. The van der Waals surface area contributed by atoms with Gasteiger partial charge in [-0.2, -0.15) is 0 Å². The number of rotatable bonds is 2. The Bertz CT molecular complexity index is 562. The zero-order chi connectivity index (χ0) is 16.4. The standard InChI is InChI=1S/C18H24FNO3/c1-2-23-17(21)20-12-11-18(22)10-4-3-5-15(18)16(20)13-6-8-14(19)9-7-13/h6-9,15-16,22H,2-5,10-12H2,1H3/t15-,16+,18-/m1/s1. The Morgan fingerprint density at radius 3 is 2.78 bits per heavy atom. The van der Waals surface area contributed by atoms with Crippen molar-refractivity contribution in [2.24, 2.45) is 5.92 Å². The zero-order valence-corrected chi connectivity index (χ0v) is 13.5. The highest BCUT2D eigenvalue weighted by atomic mass is 19.1. The molecule has 0 radical (unpaired) electrons. The lowest BCUT2D eigenvalue weighted by atomic mass is 9.66. The molecule has 0 bridgehead atoms. The average Bonchev–Trinajstić information content (AvgIpc) is 2.54. The number of ether oxygens (including phenoxy) is 1. The summed E-state index contributed by atoms with van der Waals surface area (Å²) in [6.45, 7) is 2.57. The number of amides is 1. The number of nitrogens with zero attached hydrogens (tertiary/aromatic N) is 1. The van der Waals surface area contributed by atoms with E-state index in [4.69, 9.17) is 4.74 Å². The van der Waals surface area contributed by atoms with Gasteiger partial charge >= 0.3 is 6.09 Å². The van der Waals surface area contributed by atoms with E-state index in [0.717, 1.165) is 31.2 Å². The zero-order valence-electron chi connectivity index (χ0n) is 13.5. The van der Waals surface area contributed by atoms with Crippen molar-refractivity contribution < 1.29 is 19.0 Å². The van der Waals surface area contributed by atoms with Crippen LogP contribution in [0.3, 0.4) is 0 Å². The number of hydrogen-bond donors (Lipinski definition) is 1. The van der Waals surface area contributed by atoms with Crippen molar-refractivity contribution in [1.82, 2.24) is 4.90 Å².